The van der Waals surface area contributed by atoms with Crippen LogP contribution in [0.4, 0.5) is 0 Å². The SMILES string of the molecule is CN(C)C(=O)c1ccc(OC2CC2)c(Cl)c1. The third-order valence-corrected chi connectivity index (χ3v) is 2.70. The van der Waals surface area contributed by atoms with Gasteiger partial charge in [0.2, 0.25) is 0 Å². The Bertz CT molecular complexity index is 413. The summed E-state index contributed by atoms with van der Waals surface area (Å²) in [4.78, 5) is 13.2. The highest BCUT2D eigenvalue weighted by atomic mass is 35.5. The summed E-state index contributed by atoms with van der Waals surface area (Å²) >= 11 is 6.05. The monoisotopic (exact) mass is 239 g/mol. The summed E-state index contributed by atoms with van der Waals surface area (Å²) in [5.74, 6) is 0.611. The van der Waals surface area contributed by atoms with Crippen LogP contribution in [-0.2, 0) is 0 Å². The third kappa shape index (κ3) is 2.47. The predicted octanol–water partition coefficient (Wildman–Crippen LogP) is 2.58. The molecule has 0 radical (unpaired) electrons. The fraction of sp³-hybridized carbons (Fsp3) is 0.417. The summed E-state index contributed by atoms with van der Waals surface area (Å²) < 4.78 is 5.59. The smallest absolute Gasteiger partial charge is 0.253 e. The van der Waals surface area contributed by atoms with Crippen LogP contribution < -0.4 is 4.74 Å². The van der Waals surface area contributed by atoms with E-state index in [1.807, 2.05) is 0 Å². The lowest BCUT2D eigenvalue weighted by Crippen LogP contribution is -2.21. The van der Waals surface area contributed by atoms with Crippen LogP contribution in [0, 0.1) is 0 Å². The molecule has 0 unspecified atom stereocenters. The minimum absolute atomic E-state index is 0.0557. The van der Waals surface area contributed by atoms with Crippen LogP contribution in [0.1, 0.15) is 23.2 Å². The Balaban J connectivity index is 2.17. The van der Waals surface area contributed by atoms with Gasteiger partial charge in [-0.15, -0.1) is 0 Å². The molecule has 0 N–H and O–H groups in total. The molecule has 1 amide bonds. The van der Waals surface area contributed by atoms with Crippen LogP contribution in [0.3, 0.4) is 0 Å². The Hall–Kier alpha value is -1.22. The highest BCUT2D eigenvalue weighted by Crippen LogP contribution is 2.32. The molecule has 1 aromatic carbocycles. The molecule has 0 saturated heterocycles. The van der Waals surface area contributed by atoms with Gasteiger partial charge in [0.1, 0.15) is 5.75 Å². The lowest BCUT2D eigenvalue weighted by Gasteiger charge is -2.12. The van der Waals surface area contributed by atoms with Crippen molar-refractivity contribution in [1.29, 1.82) is 0 Å². The number of nitrogens with zero attached hydrogens (tertiary/aromatic N) is 1. The first-order chi connectivity index (χ1) is 7.58. The molecule has 1 aromatic rings. The summed E-state index contributed by atoms with van der Waals surface area (Å²) in [5, 5.41) is 0.500. The van der Waals surface area contributed by atoms with Gasteiger partial charge in [-0.2, -0.15) is 0 Å². The first-order valence-corrected chi connectivity index (χ1v) is 5.63. The summed E-state index contributed by atoms with van der Waals surface area (Å²) in [6.07, 6.45) is 2.50. The van der Waals surface area contributed by atoms with E-state index >= 15 is 0 Å². The summed E-state index contributed by atoms with van der Waals surface area (Å²) in [5.41, 5.74) is 0.582. The van der Waals surface area contributed by atoms with Gasteiger partial charge in [0.15, 0.2) is 0 Å². The number of hydrogen-bond acceptors (Lipinski definition) is 2. The zero-order valence-electron chi connectivity index (χ0n) is 9.37. The largest absolute Gasteiger partial charge is 0.489 e. The average Bonchev–Trinajstić information content (AvgIpc) is 3.03. The van der Waals surface area contributed by atoms with Gasteiger partial charge < -0.3 is 9.64 Å². The average molecular weight is 240 g/mol. The van der Waals surface area contributed by atoms with E-state index in [9.17, 15) is 4.79 Å². The molecule has 2 rings (SSSR count). The molecule has 0 bridgehead atoms. The van der Waals surface area contributed by atoms with E-state index in [0.717, 1.165) is 12.8 Å². The maximum atomic E-state index is 11.7. The van der Waals surface area contributed by atoms with Crippen molar-refractivity contribution in [2.45, 2.75) is 18.9 Å². The van der Waals surface area contributed by atoms with Gasteiger partial charge in [-0.1, -0.05) is 11.6 Å². The number of halogens is 1. The van der Waals surface area contributed by atoms with E-state index in [-0.39, 0.29) is 5.91 Å². The molecule has 1 fully saturated rings. The second-order valence-electron chi connectivity index (χ2n) is 4.16. The maximum Gasteiger partial charge on any atom is 0.253 e. The fourth-order valence-electron chi connectivity index (χ4n) is 1.35. The first-order valence-electron chi connectivity index (χ1n) is 5.26. The van der Waals surface area contributed by atoms with Crippen LogP contribution in [0.25, 0.3) is 0 Å². The minimum Gasteiger partial charge on any atom is -0.489 e. The Kier molecular flexibility index (Phi) is 3.06. The molecule has 0 heterocycles. The molecule has 16 heavy (non-hydrogen) atoms. The molecular formula is C12H14ClNO2. The quantitative estimate of drug-likeness (QED) is 0.812. The first kappa shape index (κ1) is 11.3. The van der Waals surface area contributed by atoms with Crippen molar-refractivity contribution in [3.8, 4) is 5.75 Å². The van der Waals surface area contributed by atoms with E-state index in [4.69, 9.17) is 16.3 Å². The van der Waals surface area contributed by atoms with E-state index in [0.29, 0.717) is 22.4 Å². The number of carbonyl (C=O) groups is 1. The van der Waals surface area contributed by atoms with Gasteiger partial charge in [-0.3, -0.25) is 4.79 Å². The van der Waals surface area contributed by atoms with Gasteiger partial charge >= 0.3 is 0 Å². The van der Waals surface area contributed by atoms with Gasteiger partial charge in [0, 0.05) is 19.7 Å². The zero-order chi connectivity index (χ0) is 11.7. The van der Waals surface area contributed by atoms with Crippen molar-refractivity contribution >= 4 is 17.5 Å². The van der Waals surface area contributed by atoms with Gasteiger partial charge in [-0.25, -0.2) is 0 Å². The number of benzene rings is 1. The Labute approximate surface area is 100.0 Å². The summed E-state index contributed by atoms with van der Waals surface area (Å²) in [7, 11) is 3.43. The number of rotatable bonds is 3. The maximum absolute atomic E-state index is 11.7. The molecule has 86 valence electrons. The normalized spacial score (nSPS) is 14.7. The van der Waals surface area contributed by atoms with Gasteiger partial charge in [-0.05, 0) is 31.0 Å². The molecular weight excluding hydrogens is 226 g/mol. The standard InChI is InChI=1S/C12H14ClNO2/c1-14(2)12(15)8-3-6-11(10(13)7-8)16-9-4-5-9/h3,6-7,9H,4-5H2,1-2H3. The highest BCUT2D eigenvalue weighted by molar-refractivity contribution is 6.32. The molecule has 3 nitrogen and oxygen atoms in total. The molecule has 0 aromatic heterocycles. The van der Waals surface area contributed by atoms with Crippen molar-refractivity contribution in [2.75, 3.05) is 14.1 Å². The van der Waals surface area contributed by atoms with Crippen LogP contribution in [0.2, 0.25) is 5.02 Å². The molecule has 0 atom stereocenters. The van der Waals surface area contributed by atoms with Crippen LogP contribution >= 0.6 is 11.6 Å². The Morgan fingerprint density at radius 3 is 2.62 bits per heavy atom. The van der Waals surface area contributed by atoms with Crippen molar-refractivity contribution < 1.29 is 9.53 Å². The molecule has 0 spiro atoms. The number of carbonyl (C=O) groups excluding carboxylic acids is 1. The predicted molar refractivity (Wildman–Crippen MR) is 63.1 cm³/mol. The molecule has 1 aliphatic carbocycles. The van der Waals surface area contributed by atoms with E-state index in [1.165, 1.54) is 4.90 Å². The number of ether oxygens (including phenoxy) is 1. The summed E-state index contributed by atoms with van der Waals surface area (Å²) in [6, 6.07) is 5.16. The topological polar surface area (TPSA) is 29.5 Å². The van der Waals surface area contributed by atoms with Crippen LogP contribution in [-0.4, -0.2) is 31.0 Å². The van der Waals surface area contributed by atoms with Crippen LogP contribution in [0.5, 0.6) is 5.75 Å². The van der Waals surface area contributed by atoms with Crippen LogP contribution in [0.15, 0.2) is 18.2 Å². The zero-order valence-corrected chi connectivity index (χ0v) is 10.1. The van der Waals surface area contributed by atoms with Crippen molar-refractivity contribution in [1.82, 2.24) is 4.90 Å². The molecule has 0 aliphatic heterocycles. The molecule has 1 aliphatic rings. The van der Waals surface area contributed by atoms with Gasteiger partial charge in [0.25, 0.3) is 5.91 Å². The van der Waals surface area contributed by atoms with Crippen molar-refractivity contribution in [3.05, 3.63) is 28.8 Å². The molecule has 1 saturated carbocycles. The fourth-order valence-corrected chi connectivity index (χ4v) is 1.58. The number of amides is 1. The summed E-state index contributed by atoms with van der Waals surface area (Å²) in [6.45, 7) is 0. The minimum atomic E-state index is -0.0557. The number of hydrogen-bond donors (Lipinski definition) is 0. The molecule has 4 heteroatoms. The second-order valence-corrected chi connectivity index (χ2v) is 4.57. The van der Waals surface area contributed by atoms with Crippen molar-refractivity contribution in [2.24, 2.45) is 0 Å². The highest BCUT2D eigenvalue weighted by Gasteiger charge is 2.24. The second kappa shape index (κ2) is 4.34. The van der Waals surface area contributed by atoms with Gasteiger partial charge in [0.05, 0.1) is 11.1 Å². The lowest BCUT2D eigenvalue weighted by molar-refractivity contribution is 0.0827. The Morgan fingerprint density at radius 2 is 2.12 bits per heavy atom. The van der Waals surface area contributed by atoms with E-state index < -0.39 is 0 Å². The third-order valence-electron chi connectivity index (χ3n) is 2.40. The Morgan fingerprint density at radius 1 is 1.44 bits per heavy atom. The van der Waals surface area contributed by atoms with Crippen molar-refractivity contribution in [3.63, 3.8) is 0 Å². The lowest BCUT2D eigenvalue weighted by atomic mass is 10.2. The van der Waals surface area contributed by atoms with E-state index in [1.54, 1.807) is 32.3 Å². The van der Waals surface area contributed by atoms with E-state index in [2.05, 4.69) is 0 Å².